The van der Waals surface area contributed by atoms with Gasteiger partial charge in [-0.05, 0) is 33.6 Å². The van der Waals surface area contributed by atoms with Crippen molar-refractivity contribution in [1.29, 1.82) is 0 Å². The lowest BCUT2D eigenvalue weighted by molar-refractivity contribution is -0.154. The minimum Gasteiger partial charge on any atom is -0.460 e. The zero-order valence-electron chi connectivity index (χ0n) is 9.43. The SMILES string of the molecule is CC(C)(C)OC(=O)CCNC1CCC1. The molecule has 3 nitrogen and oxygen atoms in total. The van der Waals surface area contributed by atoms with Gasteiger partial charge in [-0.2, -0.15) is 0 Å². The van der Waals surface area contributed by atoms with Crippen LogP contribution in [0.5, 0.6) is 0 Å². The Labute approximate surface area is 86.2 Å². The standard InChI is InChI=1S/C11H21NO2/c1-11(2,3)14-10(13)7-8-12-9-5-4-6-9/h9,12H,4-8H2,1-3H3. The van der Waals surface area contributed by atoms with Gasteiger partial charge in [0.05, 0.1) is 6.42 Å². The lowest BCUT2D eigenvalue weighted by atomic mass is 9.93. The molecule has 0 spiro atoms. The van der Waals surface area contributed by atoms with Crippen LogP contribution in [0, 0.1) is 0 Å². The van der Waals surface area contributed by atoms with Crippen molar-refractivity contribution in [2.24, 2.45) is 0 Å². The van der Waals surface area contributed by atoms with Gasteiger partial charge in [-0.15, -0.1) is 0 Å². The number of hydrogen-bond acceptors (Lipinski definition) is 3. The van der Waals surface area contributed by atoms with Crippen molar-refractivity contribution < 1.29 is 9.53 Å². The first-order chi connectivity index (χ1) is 6.47. The zero-order chi connectivity index (χ0) is 10.6. The Hall–Kier alpha value is -0.570. The van der Waals surface area contributed by atoms with Gasteiger partial charge in [0.25, 0.3) is 0 Å². The Kier molecular flexibility index (Phi) is 3.93. The van der Waals surface area contributed by atoms with Crippen LogP contribution >= 0.6 is 0 Å². The van der Waals surface area contributed by atoms with E-state index in [1.807, 2.05) is 20.8 Å². The Bertz CT molecular complexity index is 192. The Balaban J connectivity index is 2.02. The summed E-state index contributed by atoms with van der Waals surface area (Å²) in [4.78, 5) is 11.3. The van der Waals surface area contributed by atoms with Crippen molar-refractivity contribution in [1.82, 2.24) is 5.32 Å². The minimum atomic E-state index is -0.354. The number of esters is 1. The van der Waals surface area contributed by atoms with E-state index in [-0.39, 0.29) is 11.6 Å². The summed E-state index contributed by atoms with van der Waals surface area (Å²) in [6.07, 6.45) is 4.32. The summed E-state index contributed by atoms with van der Waals surface area (Å²) in [6.45, 7) is 6.43. The highest BCUT2D eigenvalue weighted by Gasteiger charge is 2.18. The van der Waals surface area contributed by atoms with Crippen LogP contribution in [-0.2, 0) is 9.53 Å². The fourth-order valence-corrected chi connectivity index (χ4v) is 1.38. The van der Waals surface area contributed by atoms with Crippen molar-refractivity contribution in [2.45, 2.75) is 58.1 Å². The van der Waals surface area contributed by atoms with Gasteiger partial charge in [-0.25, -0.2) is 0 Å². The Morgan fingerprint density at radius 1 is 1.43 bits per heavy atom. The molecule has 0 aromatic carbocycles. The number of rotatable bonds is 4. The third kappa shape index (κ3) is 4.61. The molecule has 1 saturated carbocycles. The highest BCUT2D eigenvalue weighted by Crippen LogP contribution is 2.17. The van der Waals surface area contributed by atoms with Crippen LogP contribution in [0.2, 0.25) is 0 Å². The van der Waals surface area contributed by atoms with E-state index >= 15 is 0 Å². The second kappa shape index (κ2) is 4.78. The molecule has 0 heterocycles. The first kappa shape index (κ1) is 11.5. The topological polar surface area (TPSA) is 38.3 Å². The largest absolute Gasteiger partial charge is 0.460 e. The summed E-state index contributed by atoms with van der Waals surface area (Å²) >= 11 is 0. The Morgan fingerprint density at radius 3 is 2.50 bits per heavy atom. The summed E-state index contributed by atoms with van der Waals surface area (Å²) in [6, 6.07) is 0.650. The van der Waals surface area contributed by atoms with E-state index in [2.05, 4.69) is 5.32 Å². The summed E-state index contributed by atoms with van der Waals surface area (Å²) in [5.41, 5.74) is -0.354. The summed E-state index contributed by atoms with van der Waals surface area (Å²) in [5.74, 6) is -0.107. The van der Waals surface area contributed by atoms with Crippen molar-refractivity contribution in [2.75, 3.05) is 6.54 Å². The van der Waals surface area contributed by atoms with Crippen LogP contribution < -0.4 is 5.32 Å². The maximum Gasteiger partial charge on any atom is 0.307 e. The molecule has 0 atom stereocenters. The minimum absolute atomic E-state index is 0.107. The summed E-state index contributed by atoms with van der Waals surface area (Å²) < 4.78 is 5.19. The van der Waals surface area contributed by atoms with Gasteiger partial charge >= 0.3 is 5.97 Å². The third-order valence-electron chi connectivity index (χ3n) is 2.29. The molecule has 1 aliphatic rings. The molecule has 0 aromatic rings. The van der Waals surface area contributed by atoms with Gasteiger partial charge in [0.1, 0.15) is 5.60 Å². The van der Waals surface area contributed by atoms with Gasteiger partial charge in [-0.1, -0.05) is 6.42 Å². The molecule has 1 rings (SSSR count). The molecule has 1 fully saturated rings. The van der Waals surface area contributed by atoms with E-state index in [1.54, 1.807) is 0 Å². The molecule has 0 aromatic heterocycles. The molecule has 3 heteroatoms. The maximum atomic E-state index is 11.3. The van der Waals surface area contributed by atoms with Gasteiger partial charge < -0.3 is 10.1 Å². The predicted molar refractivity (Wildman–Crippen MR) is 56.1 cm³/mol. The number of hydrogen-bond donors (Lipinski definition) is 1. The van der Waals surface area contributed by atoms with Crippen molar-refractivity contribution >= 4 is 5.97 Å². The predicted octanol–water partition coefficient (Wildman–Crippen LogP) is 1.86. The zero-order valence-corrected chi connectivity index (χ0v) is 9.43. The van der Waals surface area contributed by atoms with E-state index < -0.39 is 0 Å². The molecular formula is C11H21NO2. The van der Waals surface area contributed by atoms with Crippen LogP contribution in [0.1, 0.15) is 46.5 Å². The van der Waals surface area contributed by atoms with Crippen LogP contribution in [-0.4, -0.2) is 24.2 Å². The van der Waals surface area contributed by atoms with Gasteiger partial charge in [0.2, 0.25) is 0 Å². The molecule has 1 aliphatic carbocycles. The summed E-state index contributed by atoms with van der Waals surface area (Å²) in [7, 11) is 0. The Morgan fingerprint density at radius 2 is 2.07 bits per heavy atom. The first-order valence-electron chi connectivity index (χ1n) is 5.42. The third-order valence-corrected chi connectivity index (χ3v) is 2.29. The summed E-state index contributed by atoms with van der Waals surface area (Å²) in [5, 5.41) is 3.33. The average Bonchev–Trinajstić information content (AvgIpc) is 1.90. The fourth-order valence-electron chi connectivity index (χ4n) is 1.38. The number of carbonyl (C=O) groups excluding carboxylic acids is 1. The monoisotopic (exact) mass is 199 g/mol. The number of nitrogens with one attached hydrogen (secondary N) is 1. The molecule has 14 heavy (non-hydrogen) atoms. The van der Waals surface area contributed by atoms with Crippen molar-refractivity contribution in [3.63, 3.8) is 0 Å². The molecule has 0 unspecified atom stereocenters. The van der Waals surface area contributed by atoms with E-state index in [0.29, 0.717) is 12.5 Å². The van der Waals surface area contributed by atoms with Crippen LogP contribution in [0.25, 0.3) is 0 Å². The normalized spacial score (nSPS) is 17.6. The van der Waals surface area contributed by atoms with Crippen LogP contribution in [0.15, 0.2) is 0 Å². The van der Waals surface area contributed by atoms with E-state index in [0.717, 1.165) is 6.54 Å². The fraction of sp³-hybridized carbons (Fsp3) is 0.909. The van der Waals surface area contributed by atoms with Crippen molar-refractivity contribution in [3.05, 3.63) is 0 Å². The second-order valence-electron chi connectivity index (χ2n) is 4.92. The maximum absolute atomic E-state index is 11.3. The lowest BCUT2D eigenvalue weighted by Gasteiger charge is -2.26. The molecule has 0 amide bonds. The van der Waals surface area contributed by atoms with E-state index in [9.17, 15) is 4.79 Å². The molecule has 0 radical (unpaired) electrons. The first-order valence-corrected chi connectivity index (χ1v) is 5.42. The van der Waals surface area contributed by atoms with Crippen LogP contribution in [0.3, 0.4) is 0 Å². The van der Waals surface area contributed by atoms with E-state index in [4.69, 9.17) is 4.74 Å². The average molecular weight is 199 g/mol. The quantitative estimate of drug-likeness (QED) is 0.702. The van der Waals surface area contributed by atoms with E-state index in [1.165, 1.54) is 19.3 Å². The smallest absolute Gasteiger partial charge is 0.307 e. The van der Waals surface area contributed by atoms with Gasteiger partial charge in [0.15, 0.2) is 0 Å². The van der Waals surface area contributed by atoms with Gasteiger partial charge in [-0.3, -0.25) is 4.79 Å². The molecule has 82 valence electrons. The molecule has 1 N–H and O–H groups in total. The molecule has 0 saturated heterocycles. The van der Waals surface area contributed by atoms with Crippen LogP contribution in [0.4, 0.5) is 0 Å². The molecule has 0 aliphatic heterocycles. The van der Waals surface area contributed by atoms with Gasteiger partial charge in [0, 0.05) is 12.6 Å². The lowest BCUT2D eigenvalue weighted by Crippen LogP contribution is -2.37. The number of ether oxygens (including phenoxy) is 1. The molecule has 0 bridgehead atoms. The second-order valence-corrected chi connectivity index (χ2v) is 4.92. The molecular weight excluding hydrogens is 178 g/mol. The number of carbonyl (C=O) groups is 1. The highest BCUT2D eigenvalue weighted by molar-refractivity contribution is 5.70. The highest BCUT2D eigenvalue weighted by atomic mass is 16.6. The van der Waals surface area contributed by atoms with Crippen molar-refractivity contribution in [3.8, 4) is 0 Å².